The standard InChI is InChI=1S/C12H18ClN5O/c1-12(2,3)4-7(19)5-14-9-8-10(16-6-15-8)18-11(13)17-9/h6-7,19H,4-5H2,1-3H3,(H2,14,15,16,17,18). The smallest absolute Gasteiger partial charge is 0.226 e. The molecule has 2 rings (SSSR count). The molecule has 6 nitrogen and oxygen atoms in total. The van der Waals surface area contributed by atoms with Crippen molar-refractivity contribution in [3.63, 3.8) is 0 Å². The Balaban J connectivity index is 2.07. The van der Waals surface area contributed by atoms with Crippen LogP contribution in [0.2, 0.25) is 5.28 Å². The summed E-state index contributed by atoms with van der Waals surface area (Å²) < 4.78 is 0. The van der Waals surface area contributed by atoms with E-state index < -0.39 is 6.10 Å². The normalized spacial score (nSPS) is 13.7. The Labute approximate surface area is 116 Å². The van der Waals surface area contributed by atoms with E-state index in [9.17, 15) is 5.11 Å². The van der Waals surface area contributed by atoms with Gasteiger partial charge in [0.1, 0.15) is 5.52 Å². The van der Waals surface area contributed by atoms with Gasteiger partial charge in [-0.2, -0.15) is 9.97 Å². The number of aromatic nitrogens is 4. The SMILES string of the molecule is CC(C)(C)CC(O)CNc1nc(Cl)nc2nc[nH]c12. The zero-order valence-electron chi connectivity index (χ0n) is 11.2. The first-order valence-corrected chi connectivity index (χ1v) is 6.51. The van der Waals surface area contributed by atoms with Gasteiger partial charge in [0.2, 0.25) is 5.28 Å². The highest BCUT2D eigenvalue weighted by atomic mass is 35.5. The van der Waals surface area contributed by atoms with Crippen LogP contribution in [0.15, 0.2) is 6.33 Å². The van der Waals surface area contributed by atoms with E-state index in [2.05, 4.69) is 46.0 Å². The molecule has 0 radical (unpaired) electrons. The lowest BCUT2D eigenvalue weighted by molar-refractivity contribution is 0.132. The van der Waals surface area contributed by atoms with Crippen LogP contribution < -0.4 is 5.32 Å². The fourth-order valence-electron chi connectivity index (χ4n) is 1.93. The largest absolute Gasteiger partial charge is 0.391 e. The van der Waals surface area contributed by atoms with Crippen molar-refractivity contribution in [1.82, 2.24) is 19.9 Å². The van der Waals surface area contributed by atoms with Crippen molar-refractivity contribution in [2.24, 2.45) is 5.41 Å². The third-order valence-corrected chi connectivity index (χ3v) is 2.78. The number of aromatic amines is 1. The van der Waals surface area contributed by atoms with Crippen molar-refractivity contribution in [1.29, 1.82) is 0 Å². The van der Waals surface area contributed by atoms with Crippen LogP contribution in [0.25, 0.3) is 11.2 Å². The summed E-state index contributed by atoms with van der Waals surface area (Å²) in [7, 11) is 0. The van der Waals surface area contributed by atoms with Crippen molar-refractivity contribution in [3.8, 4) is 0 Å². The zero-order valence-corrected chi connectivity index (χ0v) is 12.0. The molecule has 3 N–H and O–H groups in total. The van der Waals surface area contributed by atoms with Gasteiger partial charge >= 0.3 is 0 Å². The van der Waals surface area contributed by atoms with Crippen molar-refractivity contribution in [2.75, 3.05) is 11.9 Å². The molecule has 19 heavy (non-hydrogen) atoms. The minimum atomic E-state index is -0.452. The summed E-state index contributed by atoms with van der Waals surface area (Å²) in [4.78, 5) is 15.1. The number of halogens is 1. The number of anilines is 1. The van der Waals surface area contributed by atoms with E-state index in [1.807, 2.05) is 0 Å². The molecule has 0 aliphatic heterocycles. The molecule has 0 spiro atoms. The Morgan fingerprint density at radius 2 is 2.16 bits per heavy atom. The number of aliphatic hydroxyl groups excluding tert-OH is 1. The van der Waals surface area contributed by atoms with Gasteiger partial charge in [0.25, 0.3) is 0 Å². The first kappa shape index (κ1) is 14.0. The maximum absolute atomic E-state index is 9.97. The molecule has 0 aromatic carbocycles. The lowest BCUT2D eigenvalue weighted by Crippen LogP contribution is -2.25. The van der Waals surface area contributed by atoms with Gasteiger partial charge in [0, 0.05) is 6.54 Å². The number of rotatable bonds is 4. The molecule has 104 valence electrons. The van der Waals surface area contributed by atoms with Gasteiger partial charge < -0.3 is 15.4 Å². The van der Waals surface area contributed by atoms with Crippen molar-refractivity contribution < 1.29 is 5.11 Å². The fourth-order valence-corrected chi connectivity index (χ4v) is 2.09. The maximum atomic E-state index is 9.97. The highest BCUT2D eigenvalue weighted by Gasteiger charge is 2.17. The summed E-state index contributed by atoms with van der Waals surface area (Å²) in [6, 6.07) is 0. The summed E-state index contributed by atoms with van der Waals surface area (Å²) in [5, 5.41) is 13.2. The second-order valence-electron chi connectivity index (χ2n) is 5.74. The second-order valence-corrected chi connectivity index (χ2v) is 6.08. The Hall–Kier alpha value is -1.40. The summed E-state index contributed by atoms with van der Waals surface area (Å²) in [6.07, 6.45) is 1.78. The molecule has 0 bridgehead atoms. The molecule has 0 fully saturated rings. The fraction of sp³-hybridized carbons (Fsp3) is 0.583. The molecule has 7 heteroatoms. The van der Waals surface area contributed by atoms with Gasteiger partial charge in [0.15, 0.2) is 11.5 Å². The first-order valence-electron chi connectivity index (χ1n) is 6.14. The average molecular weight is 284 g/mol. The van der Waals surface area contributed by atoms with Gasteiger partial charge in [0.05, 0.1) is 12.4 Å². The lowest BCUT2D eigenvalue weighted by atomic mass is 9.89. The van der Waals surface area contributed by atoms with E-state index in [1.165, 1.54) is 6.33 Å². The molecule has 2 heterocycles. The van der Waals surface area contributed by atoms with Gasteiger partial charge in [-0.05, 0) is 23.4 Å². The third-order valence-electron chi connectivity index (χ3n) is 2.61. The molecule has 1 unspecified atom stereocenters. The van der Waals surface area contributed by atoms with Gasteiger partial charge in [-0.1, -0.05) is 20.8 Å². The van der Waals surface area contributed by atoms with Crippen molar-refractivity contribution >= 4 is 28.6 Å². The molecule has 2 aromatic rings. The third kappa shape index (κ3) is 3.78. The van der Waals surface area contributed by atoms with E-state index in [1.54, 1.807) is 0 Å². The molecular weight excluding hydrogens is 266 g/mol. The number of imidazole rings is 1. The highest BCUT2D eigenvalue weighted by Crippen LogP contribution is 2.22. The Morgan fingerprint density at radius 3 is 2.84 bits per heavy atom. The number of nitrogens with zero attached hydrogens (tertiary/aromatic N) is 3. The van der Waals surface area contributed by atoms with Crippen LogP contribution in [0.1, 0.15) is 27.2 Å². The second kappa shape index (κ2) is 5.30. The number of nitrogens with one attached hydrogen (secondary N) is 2. The number of fused-ring (bicyclic) bond motifs is 1. The minimum absolute atomic E-state index is 0.0771. The number of hydrogen-bond donors (Lipinski definition) is 3. The van der Waals surface area contributed by atoms with E-state index in [-0.39, 0.29) is 10.7 Å². The van der Waals surface area contributed by atoms with Crippen LogP contribution in [-0.2, 0) is 0 Å². The zero-order chi connectivity index (χ0) is 14.0. The summed E-state index contributed by atoms with van der Waals surface area (Å²) in [6.45, 7) is 6.67. The van der Waals surface area contributed by atoms with Gasteiger partial charge in [-0.25, -0.2) is 4.98 Å². The van der Waals surface area contributed by atoms with E-state index >= 15 is 0 Å². The number of H-pyrrole nitrogens is 1. The molecule has 0 saturated heterocycles. The lowest BCUT2D eigenvalue weighted by Gasteiger charge is -2.22. The van der Waals surface area contributed by atoms with Crippen LogP contribution in [0.3, 0.4) is 0 Å². The Bertz CT molecular complexity index is 563. The summed E-state index contributed by atoms with van der Waals surface area (Å²) >= 11 is 5.82. The molecular formula is C12H18ClN5O. The predicted octanol–water partition coefficient (Wildman–Crippen LogP) is 2.22. The van der Waals surface area contributed by atoms with E-state index in [0.29, 0.717) is 29.9 Å². The Kier molecular flexibility index (Phi) is 3.91. The quantitative estimate of drug-likeness (QED) is 0.749. The van der Waals surface area contributed by atoms with Crippen LogP contribution in [0.4, 0.5) is 5.82 Å². The minimum Gasteiger partial charge on any atom is -0.391 e. The monoisotopic (exact) mass is 283 g/mol. The van der Waals surface area contributed by atoms with E-state index in [0.717, 1.165) is 0 Å². The van der Waals surface area contributed by atoms with Gasteiger partial charge in [-0.3, -0.25) is 0 Å². The number of aliphatic hydroxyl groups is 1. The van der Waals surface area contributed by atoms with Crippen LogP contribution >= 0.6 is 11.6 Å². The molecule has 1 atom stereocenters. The predicted molar refractivity (Wildman–Crippen MR) is 75.3 cm³/mol. The first-order chi connectivity index (χ1) is 8.85. The molecule has 0 amide bonds. The van der Waals surface area contributed by atoms with E-state index in [4.69, 9.17) is 11.6 Å². The van der Waals surface area contributed by atoms with Crippen molar-refractivity contribution in [2.45, 2.75) is 33.3 Å². The highest BCUT2D eigenvalue weighted by molar-refractivity contribution is 6.28. The van der Waals surface area contributed by atoms with Crippen LogP contribution in [-0.4, -0.2) is 37.7 Å². The molecule has 0 aliphatic carbocycles. The topological polar surface area (TPSA) is 86.7 Å². The molecule has 0 aliphatic rings. The Morgan fingerprint density at radius 1 is 1.42 bits per heavy atom. The van der Waals surface area contributed by atoms with Crippen LogP contribution in [0, 0.1) is 5.41 Å². The van der Waals surface area contributed by atoms with Gasteiger partial charge in [-0.15, -0.1) is 0 Å². The molecule has 0 saturated carbocycles. The average Bonchev–Trinajstić information content (AvgIpc) is 2.71. The molecule has 2 aromatic heterocycles. The summed E-state index contributed by atoms with van der Waals surface area (Å²) in [5.74, 6) is 0.556. The van der Waals surface area contributed by atoms with Crippen LogP contribution in [0.5, 0.6) is 0 Å². The maximum Gasteiger partial charge on any atom is 0.226 e. The summed E-state index contributed by atoms with van der Waals surface area (Å²) in [5.41, 5.74) is 1.27. The van der Waals surface area contributed by atoms with Crippen molar-refractivity contribution in [3.05, 3.63) is 11.6 Å². The number of hydrogen-bond acceptors (Lipinski definition) is 5.